The quantitative estimate of drug-likeness (QED) is 0.906. The number of sulfone groups is 1. The molecule has 1 aromatic rings. The first kappa shape index (κ1) is 14.8. The Morgan fingerprint density at radius 3 is 2.79 bits per heavy atom. The van der Waals surface area contributed by atoms with E-state index in [1.165, 1.54) is 0 Å². The highest BCUT2D eigenvalue weighted by Gasteiger charge is 2.33. The van der Waals surface area contributed by atoms with Crippen molar-refractivity contribution in [2.45, 2.75) is 19.4 Å². The van der Waals surface area contributed by atoms with Gasteiger partial charge in [-0.05, 0) is 47.0 Å². The number of hydrogen-bond acceptors (Lipinski definition) is 4. The van der Waals surface area contributed by atoms with Gasteiger partial charge in [-0.2, -0.15) is 0 Å². The predicted octanol–water partition coefficient (Wildman–Crippen LogP) is 2.32. The zero-order chi connectivity index (χ0) is 14.0. The number of ether oxygens (including phenoxy) is 1. The number of aliphatic hydroxyl groups is 1. The van der Waals surface area contributed by atoms with Crippen LogP contribution in [0.1, 0.15) is 25.0 Å². The Balaban J connectivity index is 2.16. The maximum Gasteiger partial charge on any atom is 0.150 e. The molecular weight excluding hydrogens is 332 g/mol. The van der Waals surface area contributed by atoms with Crippen LogP contribution in [0.5, 0.6) is 5.75 Å². The van der Waals surface area contributed by atoms with Crippen molar-refractivity contribution < 1.29 is 18.3 Å². The summed E-state index contributed by atoms with van der Waals surface area (Å²) in [6, 6.07) is 5.36. The van der Waals surface area contributed by atoms with Gasteiger partial charge in [-0.3, -0.25) is 0 Å². The van der Waals surface area contributed by atoms with Gasteiger partial charge in [0.05, 0.1) is 28.7 Å². The lowest BCUT2D eigenvalue weighted by molar-refractivity contribution is 0.121. The monoisotopic (exact) mass is 348 g/mol. The normalized spacial score (nSPS) is 23.2. The minimum absolute atomic E-state index is 0.0684. The maximum absolute atomic E-state index is 11.4. The Kier molecular flexibility index (Phi) is 4.53. The van der Waals surface area contributed by atoms with Gasteiger partial charge in [0, 0.05) is 5.92 Å². The lowest BCUT2D eigenvalue weighted by Crippen LogP contribution is -2.14. The Bertz CT molecular complexity index is 556. The summed E-state index contributed by atoms with van der Waals surface area (Å²) in [4.78, 5) is 0. The molecule has 1 saturated heterocycles. The van der Waals surface area contributed by atoms with E-state index in [9.17, 15) is 13.5 Å². The standard InChI is InChI=1S/C13H17BrO4S/c1-2-18-12-4-3-9(7-11(12)14)13(15)10-5-6-19(16,17)8-10/h3-4,7,10,13,15H,2,5-6,8H2,1H3. The van der Waals surface area contributed by atoms with Crippen LogP contribution in [0.4, 0.5) is 0 Å². The average molecular weight is 349 g/mol. The summed E-state index contributed by atoms with van der Waals surface area (Å²) in [5.41, 5.74) is 0.720. The smallest absolute Gasteiger partial charge is 0.150 e. The van der Waals surface area contributed by atoms with Gasteiger partial charge < -0.3 is 9.84 Å². The van der Waals surface area contributed by atoms with E-state index in [2.05, 4.69) is 15.9 Å². The second-order valence-corrected chi connectivity index (χ2v) is 7.81. The molecule has 1 aliphatic rings. The van der Waals surface area contributed by atoms with Crippen LogP contribution in [0, 0.1) is 5.92 Å². The molecule has 0 radical (unpaired) electrons. The molecule has 2 atom stereocenters. The van der Waals surface area contributed by atoms with Crippen LogP contribution in [-0.4, -0.2) is 31.6 Å². The zero-order valence-corrected chi connectivity index (χ0v) is 13.1. The van der Waals surface area contributed by atoms with Crippen LogP contribution in [0.2, 0.25) is 0 Å². The minimum Gasteiger partial charge on any atom is -0.493 e. The van der Waals surface area contributed by atoms with E-state index >= 15 is 0 Å². The van der Waals surface area contributed by atoms with Gasteiger partial charge in [-0.1, -0.05) is 6.07 Å². The van der Waals surface area contributed by atoms with Crippen molar-refractivity contribution in [3.63, 3.8) is 0 Å². The van der Waals surface area contributed by atoms with Gasteiger partial charge >= 0.3 is 0 Å². The first-order chi connectivity index (χ1) is 8.93. The molecule has 19 heavy (non-hydrogen) atoms. The highest BCUT2D eigenvalue weighted by atomic mass is 79.9. The summed E-state index contributed by atoms with van der Waals surface area (Å²) < 4.78 is 29.1. The molecule has 0 bridgehead atoms. The van der Waals surface area contributed by atoms with Crippen LogP contribution in [-0.2, 0) is 9.84 Å². The van der Waals surface area contributed by atoms with E-state index in [1.54, 1.807) is 18.2 Å². The second-order valence-electron chi connectivity index (χ2n) is 4.73. The first-order valence-electron chi connectivity index (χ1n) is 6.23. The number of benzene rings is 1. The summed E-state index contributed by atoms with van der Waals surface area (Å²) in [6.45, 7) is 2.47. The molecule has 2 unspecified atom stereocenters. The Hall–Kier alpha value is -0.590. The van der Waals surface area contributed by atoms with Crippen molar-refractivity contribution in [2.75, 3.05) is 18.1 Å². The number of halogens is 1. The molecule has 1 aliphatic heterocycles. The van der Waals surface area contributed by atoms with Crippen molar-refractivity contribution in [1.82, 2.24) is 0 Å². The molecule has 1 N–H and O–H groups in total. The van der Waals surface area contributed by atoms with E-state index in [1.807, 2.05) is 6.92 Å². The molecule has 1 fully saturated rings. The molecular formula is C13H17BrO4S. The fourth-order valence-corrected chi connectivity index (χ4v) is 4.66. The van der Waals surface area contributed by atoms with Crippen LogP contribution in [0.25, 0.3) is 0 Å². The Morgan fingerprint density at radius 2 is 2.26 bits per heavy atom. The predicted molar refractivity (Wildman–Crippen MR) is 77.0 cm³/mol. The number of aliphatic hydroxyl groups excluding tert-OH is 1. The van der Waals surface area contributed by atoms with Crippen LogP contribution in [0.15, 0.2) is 22.7 Å². The molecule has 6 heteroatoms. The topological polar surface area (TPSA) is 63.6 Å². The third kappa shape index (κ3) is 3.49. The highest BCUT2D eigenvalue weighted by molar-refractivity contribution is 9.10. The van der Waals surface area contributed by atoms with Crippen molar-refractivity contribution in [2.24, 2.45) is 5.92 Å². The molecule has 4 nitrogen and oxygen atoms in total. The summed E-state index contributed by atoms with van der Waals surface area (Å²) in [6.07, 6.45) is -0.224. The molecule has 1 heterocycles. The number of rotatable bonds is 4. The van der Waals surface area contributed by atoms with Crippen LogP contribution >= 0.6 is 15.9 Å². The maximum atomic E-state index is 11.4. The zero-order valence-electron chi connectivity index (χ0n) is 10.7. The van der Waals surface area contributed by atoms with E-state index in [0.29, 0.717) is 13.0 Å². The van der Waals surface area contributed by atoms with Gasteiger partial charge in [-0.25, -0.2) is 8.42 Å². The third-order valence-corrected chi connectivity index (χ3v) is 5.72. The molecule has 0 saturated carbocycles. The van der Waals surface area contributed by atoms with E-state index in [0.717, 1.165) is 15.8 Å². The summed E-state index contributed by atoms with van der Waals surface area (Å²) in [5.74, 6) is 0.749. The molecule has 0 amide bonds. The number of hydrogen-bond donors (Lipinski definition) is 1. The minimum atomic E-state index is -2.97. The van der Waals surface area contributed by atoms with Crippen LogP contribution < -0.4 is 4.74 Å². The van der Waals surface area contributed by atoms with Crippen LogP contribution in [0.3, 0.4) is 0 Å². The first-order valence-corrected chi connectivity index (χ1v) is 8.85. The third-order valence-electron chi connectivity index (χ3n) is 3.31. The highest BCUT2D eigenvalue weighted by Crippen LogP contribution is 2.34. The molecule has 1 aromatic carbocycles. The molecule has 2 rings (SSSR count). The van der Waals surface area contributed by atoms with E-state index in [4.69, 9.17) is 4.74 Å². The Morgan fingerprint density at radius 1 is 1.53 bits per heavy atom. The van der Waals surface area contributed by atoms with Crippen molar-refractivity contribution in [1.29, 1.82) is 0 Å². The van der Waals surface area contributed by atoms with Gasteiger partial charge in [0.15, 0.2) is 9.84 Å². The molecule has 0 aliphatic carbocycles. The fraction of sp³-hybridized carbons (Fsp3) is 0.538. The lowest BCUT2D eigenvalue weighted by Gasteiger charge is -2.18. The van der Waals surface area contributed by atoms with Gasteiger partial charge in [0.2, 0.25) is 0 Å². The summed E-state index contributed by atoms with van der Waals surface area (Å²) in [5, 5.41) is 10.3. The van der Waals surface area contributed by atoms with Crippen molar-refractivity contribution in [3.8, 4) is 5.75 Å². The molecule has 0 aromatic heterocycles. The van der Waals surface area contributed by atoms with E-state index < -0.39 is 15.9 Å². The van der Waals surface area contributed by atoms with Crippen molar-refractivity contribution in [3.05, 3.63) is 28.2 Å². The van der Waals surface area contributed by atoms with Gasteiger partial charge in [0.1, 0.15) is 5.75 Å². The van der Waals surface area contributed by atoms with Gasteiger partial charge in [0.25, 0.3) is 0 Å². The second kappa shape index (κ2) is 5.81. The molecule has 106 valence electrons. The summed E-state index contributed by atoms with van der Waals surface area (Å²) in [7, 11) is -2.97. The average Bonchev–Trinajstić information content (AvgIpc) is 2.71. The molecule has 0 spiro atoms. The van der Waals surface area contributed by atoms with Gasteiger partial charge in [-0.15, -0.1) is 0 Å². The van der Waals surface area contributed by atoms with E-state index in [-0.39, 0.29) is 17.4 Å². The fourth-order valence-electron chi connectivity index (χ4n) is 2.32. The van der Waals surface area contributed by atoms with Crippen molar-refractivity contribution >= 4 is 25.8 Å². The largest absolute Gasteiger partial charge is 0.493 e. The SMILES string of the molecule is CCOc1ccc(C(O)C2CCS(=O)(=O)C2)cc1Br. The summed E-state index contributed by atoms with van der Waals surface area (Å²) >= 11 is 3.39. The Labute approximate surface area is 121 Å². The lowest BCUT2D eigenvalue weighted by atomic mass is 9.95.